The second-order valence-corrected chi connectivity index (χ2v) is 8.11. The van der Waals surface area contributed by atoms with Crippen LogP contribution in [0.15, 0.2) is 24.7 Å². The highest BCUT2D eigenvalue weighted by molar-refractivity contribution is 5.75. The van der Waals surface area contributed by atoms with E-state index in [4.69, 9.17) is 5.73 Å². The summed E-state index contributed by atoms with van der Waals surface area (Å²) in [6.07, 6.45) is -2.69. The number of likely N-dealkylation sites (tertiary alicyclic amines) is 1. The number of hydrogen-bond acceptors (Lipinski definition) is 8. The number of nitrogens with one attached hydrogen (secondary N) is 1. The number of aromatic nitrogens is 3. The van der Waals surface area contributed by atoms with Crippen molar-refractivity contribution in [2.45, 2.75) is 32.2 Å². The lowest BCUT2D eigenvalue weighted by atomic mass is 9.94. The molecule has 0 aromatic carbocycles. The number of halogens is 4. The van der Waals surface area contributed by atoms with Crippen LogP contribution >= 0.6 is 0 Å². The Morgan fingerprint density at radius 2 is 2.09 bits per heavy atom. The van der Waals surface area contributed by atoms with Crippen molar-refractivity contribution in [3.63, 3.8) is 0 Å². The lowest BCUT2D eigenvalue weighted by Gasteiger charge is -2.35. The van der Waals surface area contributed by atoms with Crippen molar-refractivity contribution < 1.29 is 27.5 Å². The topological polar surface area (TPSA) is 121 Å². The average Bonchev–Trinajstić information content (AvgIpc) is 2.77. The number of amides is 1. The molecule has 2 aromatic rings. The Labute approximate surface area is 194 Å². The quantitative estimate of drug-likeness (QED) is 0.459. The summed E-state index contributed by atoms with van der Waals surface area (Å²) in [5.41, 5.74) is 4.66. The van der Waals surface area contributed by atoms with E-state index in [-0.39, 0.29) is 43.7 Å². The van der Waals surface area contributed by atoms with Gasteiger partial charge in [0.15, 0.2) is 11.6 Å². The van der Waals surface area contributed by atoms with Crippen LogP contribution in [0.4, 0.5) is 29.2 Å². The van der Waals surface area contributed by atoms with E-state index in [1.54, 1.807) is 11.8 Å². The molecule has 1 aliphatic rings. The Kier molecular flexibility index (Phi) is 8.20. The van der Waals surface area contributed by atoms with Gasteiger partial charge in [0.25, 0.3) is 0 Å². The van der Waals surface area contributed by atoms with Crippen molar-refractivity contribution in [2.24, 2.45) is 11.7 Å². The van der Waals surface area contributed by atoms with Crippen LogP contribution < -0.4 is 16.0 Å². The molecule has 1 amide bonds. The van der Waals surface area contributed by atoms with E-state index in [0.29, 0.717) is 25.2 Å². The van der Waals surface area contributed by atoms with Crippen molar-refractivity contribution in [3.8, 4) is 0 Å². The summed E-state index contributed by atoms with van der Waals surface area (Å²) in [4.78, 5) is 26.2. The van der Waals surface area contributed by atoms with Crippen molar-refractivity contribution in [2.75, 3.05) is 42.9 Å². The summed E-state index contributed by atoms with van der Waals surface area (Å²) in [6, 6.07) is 2.18. The molecule has 9 nitrogen and oxygen atoms in total. The van der Waals surface area contributed by atoms with Gasteiger partial charge in [-0.1, -0.05) is 0 Å². The fraction of sp³-hybridized carbons (Fsp3) is 0.524. The molecule has 0 aliphatic carbocycles. The molecule has 3 rings (SSSR count). The summed E-state index contributed by atoms with van der Waals surface area (Å²) >= 11 is 0. The molecule has 186 valence electrons. The number of rotatable bonds is 9. The molecule has 0 radical (unpaired) electrons. The average molecular weight is 485 g/mol. The van der Waals surface area contributed by atoms with Crippen molar-refractivity contribution >= 4 is 17.5 Å². The van der Waals surface area contributed by atoms with Gasteiger partial charge in [-0.2, -0.15) is 17.6 Å². The van der Waals surface area contributed by atoms with E-state index in [2.05, 4.69) is 20.3 Å². The summed E-state index contributed by atoms with van der Waals surface area (Å²) in [5.74, 6) is -1.42. The van der Waals surface area contributed by atoms with Crippen LogP contribution in [-0.2, 0) is 17.5 Å². The minimum absolute atomic E-state index is 0.0153. The number of nitrogens with zero attached hydrogens (tertiary/aromatic N) is 5. The van der Waals surface area contributed by atoms with Gasteiger partial charge in [-0.15, -0.1) is 0 Å². The number of alkyl halides is 3. The standard InChI is InChI=1S/C21H27F4N7O2/c1-2-32(9-15-4-3-14(8-27-15)21(23,24)25)20-18(22)19(29-12-30-20)28-7-13-5-6-31(10-16(13)33)11-17(26)34/h3-4,8,12-13,16,33H,2,5-7,9-11H2,1H3,(H2,26,34)(H,28,29,30)/t13-,16+/m1/s1. The molecule has 0 bridgehead atoms. The predicted molar refractivity (Wildman–Crippen MR) is 116 cm³/mol. The Morgan fingerprint density at radius 1 is 1.32 bits per heavy atom. The first kappa shape index (κ1) is 25.6. The highest BCUT2D eigenvalue weighted by Gasteiger charge is 2.31. The van der Waals surface area contributed by atoms with Gasteiger partial charge in [-0.05, 0) is 32.0 Å². The second-order valence-electron chi connectivity index (χ2n) is 8.11. The van der Waals surface area contributed by atoms with Crippen molar-refractivity contribution in [3.05, 3.63) is 41.7 Å². The molecule has 34 heavy (non-hydrogen) atoms. The molecule has 4 N–H and O–H groups in total. The van der Waals surface area contributed by atoms with Crippen LogP contribution in [0, 0.1) is 11.7 Å². The fourth-order valence-electron chi connectivity index (χ4n) is 3.80. The van der Waals surface area contributed by atoms with E-state index in [0.717, 1.165) is 12.3 Å². The lowest BCUT2D eigenvalue weighted by molar-refractivity contribution is -0.137. The van der Waals surface area contributed by atoms with Crippen LogP contribution in [0.5, 0.6) is 0 Å². The number of aliphatic hydroxyl groups excluding tert-OH is 1. The third-order valence-electron chi connectivity index (χ3n) is 5.67. The molecule has 0 saturated carbocycles. The van der Waals surface area contributed by atoms with Crippen LogP contribution in [0.25, 0.3) is 0 Å². The Morgan fingerprint density at radius 3 is 2.68 bits per heavy atom. The van der Waals surface area contributed by atoms with E-state index >= 15 is 4.39 Å². The molecule has 0 unspecified atom stereocenters. The number of anilines is 2. The zero-order valence-electron chi connectivity index (χ0n) is 18.6. The van der Waals surface area contributed by atoms with Crippen LogP contribution in [0.1, 0.15) is 24.6 Å². The van der Waals surface area contributed by atoms with Crippen LogP contribution in [-0.4, -0.2) is 69.7 Å². The minimum Gasteiger partial charge on any atom is -0.391 e. The maximum absolute atomic E-state index is 15.2. The first-order valence-electron chi connectivity index (χ1n) is 10.8. The zero-order valence-corrected chi connectivity index (χ0v) is 18.6. The van der Waals surface area contributed by atoms with Gasteiger partial charge in [-0.25, -0.2) is 9.97 Å². The number of nitrogens with two attached hydrogens (primary N) is 1. The first-order valence-corrected chi connectivity index (χ1v) is 10.8. The number of carbonyl (C=O) groups excluding carboxylic acids is 1. The third-order valence-corrected chi connectivity index (χ3v) is 5.67. The van der Waals surface area contributed by atoms with Crippen molar-refractivity contribution in [1.82, 2.24) is 19.9 Å². The highest BCUT2D eigenvalue weighted by atomic mass is 19.4. The zero-order chi connectivity index (χ0) is 24.9. The molecular formula is C21H27F4N7O2. The van der Waals surface area contributed by atoms with Gasteiger partial charge in [0.05, 0.1) is 30.5 Å². The molecule has 13 heteroatoms. The SMILES string of the molecule is CCN(Cc1ccc(C(F)(F)F)cn1)c1ncnc(NC[C@H]2CCN(CC(N)=O)C[C@@H]2O)c1F. The van der Waals surface area contributed by atoms with Crippen molar-refractivity contribution in [1.29, 1.82) is 0 Å². The molecule has 1 fully saturated rings. The highest BCUT2D eigenvalue weighted by Crippen LogP contribution is 2.29. The molecule has 3 heterocycles. The molecule has 2 aromatic heterocycles. The molecular weight excluding hydrogens is 458 g/mol. The summed E-state index contributed by atoms with van der Waals surface area (Å²) < 4.78 is 53.4. The van der Waals surface area contributed by atoms with Gasteiger partial charge < -0.3 is 21.1 Å². The van der Waals surface area contributed by atoms with E-state index in [9.17, 15) is 23.1 Å². The monoisotopic (exact) mass is 485 g/mol. The van der Waals surface area contributed by atoms with Gasteiger partial charge in [0.2, 0.25) is 11.7 Å². The Balaban J connectivity index is 1.64. The maximum atomic E-state index is 15.2. The largest absolute Gasteiger partial charge is 0.417 e. The van der Waals surface area contributed by atoms with Crippen LogP contribution in [0.2, 0.25) is 0 Å². The van der Waals surface area contributed by atoms with Gasteiger partial charge in [0, 0.05) is 31.7 Å². The number of carbonyl (C=O) groups is 1. The number of hydrogen-bond donors (Lipinski definition) is 3. The number of primary amides is 1. The molecule has 0 spiro atoms. The number of piperidine rings is 1. The van der Waals surface area contributed by atoms with Crippen LogP contribution in [0.3, 0.4) is 0 Å². The van der Waals surface area contributed by atoms with Gasteiger partial charge in [-0.3, -0.25) is 14.7 Å². The summed E-state index contributed by atoms with van der Waals surface area (Å²) in [5, 5.41) is 13.3. The van der Waals surface area contributed by atoms with Gasteiger partial charge in [0.1, 0.15) is 6.33 Å². The number of pyridine rings is 1. The van der Waals surface area contributed by atoms with E-state index in [1.807, 2.05) is 0 Å². The molecule has 1 saturated heterocycles. The predicted octanol–water partition coefficient (Wildman–Crippen LogP) is 1.64. The minimum atomic E-state index is -4.48. The first-order chi connectivity index (χ1) is 16.1. The molecule has 1 aliphatic heterocycles. The third kappa shape index (κ3) is 6.50. The maximum Gasteiger partial charge on any atom is 0.417 e. The van der Waals surface area contributed by atoms with E-state index < -0.39 is 29.6 Å². The van der Waals surface area contributed by atoms with E-state index in [1.165, 1.54) is 17.3 Å². The Hall–Kier alpha value is -3.06. The smallest absolute Gasteiger partial charge is 0.391 e. The lowest BCUT2D eigenvalue weighted by Crippen LogP contribution is -2.48. The number of aliphatic hydroxyl groups is 1. The number of β-amino-alcohol motifs (C(OH)–C–C–N with tert-alkyl or cyclic N) is 1. The second kappa shape index (κ2) is 10.9. The normalized spacial score (nSPS) is 19.1. The summed E-state index contributed by atoms with van der Waals surface area (Å²) in [6.45, 7) is 3.33. The summed E-state index contributed by atoms with van der Waals surface area (Å²) in [7, 11) is 0. The molecule has 2 atom stereocenters. The fourth-order valence-corrected chi connectivity index (χ4v) is 3.80. The van der Waals surface area contributed by atoms with Gasteiger partial charge >= 0.3 is 6.18 Å². The Bertz CT molecular complexity index is 975.